The second-order valence-corrected chi connectivity index (χ2v) is 7.76. The van der Waals surface area contributed by atoms with Crippen molar-refractivity contribution in [1.82, 2.24) is 15.2 Å². The van der Waals surface area contributed by atoms with Gasteiger partial charge >= 0.3 is 0 Å². The van der Waals surface area contributed by atoms with Crippen molar-refractivity contribution in [2.45, 2.75) is 31.8 Å². The van der Waals surface area contributed by atoms with E-state index in [4.69, 9.17) is 5.73 Å². The molecule has 0 saturated carbocycles. The fourth-order valence-electron chi connectivity index (χ4n) is 3.96. The molecule has 3 aliphatic rings. The van der Waals surface area contributed by atoms with Crippen LogP contribution >= 0.6 is 11.3 Å². The number of thiazole rings is 1. The van der Waals surface area contributed by atoms with Crippen LogP contribution in [-0.2, 0) is 0 Å². The Morgan fingerprint density at radius 3 is 2.79 bits per heavy atom. The van der Waals surface area contributed by atoms with E-state index >= 15 is 0 Å². The van der Waals surface area contributed by atoms with Gasteiger partial charge in [0, 0.05) is 23.3 Å². The highest BCUT2D eigenvalue weighted by atomic mass is 32.1. The molecule has 1 aromatic carbocycles. The molecule has 0 aliphatic carbocycles. The molecule has 1 amide bonds. The van der Waals surface area contributed by atoms with Gasteiger partial charge in [0.05, 0.1) is 6.20 Å². The van der Waals surface area contributed by atoms with Crippen molar-refractivity contribution in [3.63, 3.8) is 0 Å². The number of nitrogens with two attached hydrogens (primary N) is 1. The number of carbonyl (C=O) groups is 1. The second-order valence-electron chi connectivity index (χ2n) is 6.73. The minimum atomic E-state index is -0.0150. The number of benzene rings is 1. The third-order valence-corrected chi connectivity index (χ3v) is 6.43. The zero-order chi connectivity index (χ0) is 16.7. The molecular formula is C18H22N4OS. The molecule has 126 valence electrons. The highest BCUT2D eigenvalue weighted by Gasteiger charge is 2.40. The van der Waals surface area contributed by atoms with Crippen molar-refractivity contribution >= 4 is 22.9 Å². The number of fused-ring (bicyclic) bond motifs is 3. The largest absolute Gasteiger partial charge is 0.398 e. The second kappa shape index (κ2) is 6.18. The van der Waals surface area contributed by atoms with Gasteiger partial charge < -0.3 is 11.1 Å². The Morgan fingerprint density at radius 2 is 2.08 bits per heavy atom. The van der Waals surface area contributed by atoms with Crippen LogP contribution in [0.25, 0.3) is 10.6 Å². The number of nitrogens with zero attached hydrogens (tertiary/aromatic N) is 2. The van der Waals surface area contributed by atoms with Gasteiger partial charge in [-0.3, -0.25) is 9.69 Å². The van der Waals surface area contributed by atoms with Gasteiger partial charge in [-0.1, -0.05) is 12.1 Å². The van der Waals surface area contributed by atoms with Gasteiger partial charge in [0.1, 0.15) is 9.88 Å². The normalized spacial score (nSPS) is 28.7. The lowest BCUT2D eigenvalue weighted by Crippen LogP contribution is -2.62. The molecule has 0 radical (unpaired) electrons. The summed E-state index contributed by atoms with van der Waals surface area (Å²) in [6.07, 6.45) is 4.03. The summed E-state index contributed by atoms with van der Waals surface area (Å²) in [4.78, 5) is 20.2. The summed E-state index contributed by atoms with van der Waals surface area (Å²) in [7, 11) is 0. The topological polar surface area (TPSA) is 71.2 Å². The zero-order valence-corrected chi connectivity index (χ0v) is 14.6. The summed E-state index contributed by atoms with van der Waals surface area (Å²) in [6, 6.07) is 8.28. The minimum Gasteiger partial charge on any atom is -0.398 e. The first-order valence-corrected chi connectivity index (χ1v) is 9.31. The first-order valence-electron chi connectivity index (χ1n) is 8.49. The molecule has 3 N–H and O–H groups in total. The predicted molar refractivity (Wildman–Crippen MR) is 97.0 cm³/mol. The molecule has 0 spiro atoms. The van der Waals surface area contributed by atoms with Gasteiger partial charge in [0.15, 0.2) is 0 Å². The van der Waals surface area contributed by atoms with Gasteiger partial charge in [-0.2, -0.15) is 0 Å². The molecule has 2 bridgehead atoms. The Hall–Kier alpha value is -1.92. The molecular weight excluding hydrogens is 320 g/mol. The number of hydrogen-bond donors (Lipinski definition) is 2. The van der Waals surface area contributed by atoms with E-state index in [1.54, 1.807) is 6.20 Å². The molecule has 5 nitrogen and oxygen atoms in total. The van der Waals surface area contributed by atoms with Crippen LogP contribution in [0.15, 0.2) is 30.5 Å². The van der Waals surface area contributed by atoms with Gasteiger partial charge in [-0.25, -0.2) is 4.98 Å². The van der Waals surface area contributed by atoms with Crippen LogP contribution in [-0.4, -0.2) is 41.0 Å². The summed E-state index contributed by atoms with van der Waals surface area (Å²) >= 11 is 1.40. The third-order valence-electron chi connectivity index (χ3n) is 5.40. The number of piperidine rings is 3. The van der Waals surface area contributed by atoms with Gasteiger partial charge in [-0.05, 0) is 50.9 Å². The standard InChI is InChI=1S/C18H22N4OS/c1-11-16(12-6-8-22(11)9-7-12)21-17(23)15-10-20-18(24-15)13-4-2-3-5-14(13)19/h2-5,10-12,16H,6-9,19H2,1H3,(H,21,23)/t11-,16-/m0/s1. The van der Waals surface area contributed by atoms with Gasteiger partial charge in [0.2, 0.25) is 0 Å². The summed E-state index contributed by atoms with van der Waals surface area (Å²) < 4.78 is 0. The lowest BCUT2D eigenvalue weighted by molar-refractivity contribution is 0.0218. The maximum Gasteiger partial charge on any atom is 0.263 e. The molecule has 2 aromatic rings. The van der Waals surface area contributed by atoms with Crippen LogP contribution < -0.4 is 11.1 Å². The number of carbonyl (C=O) groups excluding carboxylic acids is 1. The number of para-hydroxylation sites is 1. The van der Waals surface area contributed by atoms with Gasteiger partial charge in [0.25, 0.3) is 5.91 Å². The SMILES string of the molecule is C[C@H]1[C@H](NC(=O)c2cnc(-c3ccccc3N)s2)C2CCN1CC2. The number of rotatable bonds is 3. The summed E-state index contributed by atoms with van der Waals surface area (Å²) in [5.74, 6) is 0.588. The predicted octanol–water partition coefficient (Wildman–Crippen LogP) is 2.60. The van der Waals surface area contributed by atoms with E-state index in [0.717, 1.165) is 23.7 Å². The van der Waals surface area contributed by atoms with Crippen molar-refractivity contribution in [3.8, 4) is 10.6 Å². The number of aromatic nitrogens is 1. The van der Waals surface area contributed by atoms with Crippen LogP contribution in [0.5, 0.6) is 0 Å². The van der Waals surface area contributed by atoms with Gasteiger partial charge in [-0.15, -0.1) is 11.3 Å². The minimum absolute atomic E-state index is 0.0150. The maximum absolute atomic E-state index is 12.7. The van der Waals surface area contributed by atoms with E-state index < -0.39 is 0 Å². The first-order chi connectivity index (χ1) is 11.6. The molecule has 3 fully saturated rings. The highest BCUT2D eigenvalue weighted by Crippen LogP contribution is 2.33. The molecule has 1 aromatic heterocycles. The molecule has 6 heteroatoms. The Balaban J connectivity index is 1.51. The number of anilines is 1. The maximum atomic E-state index is 12.7. The number of hydrogen-bond acceptors (Lipinski definition) is 5. The van der Waals surface area contributed by atoms with Crippen molar-refractivity contribution in [2.24, 2.45) is 5.92 Å². The number of nitrogen functional groups attached to an aromatic ring is 1. The number of nitrogens with one attached hydrogen (secondary N) is 1. The molecule has 4 heterocycles. The monoisotopic (exact) mass is 342 g/mol. The molecule has 5 rings (SSSR count). The Bertz CT molecular complexity index is 749. The van der Waals surface area contributed by atoms with Crippen LogP contribution in [0, 0.1) is 5.92 Å². The lowest BCUT2D eigenvalue weighted by Gasteiger charge is -2.49. The van der Waals surface area contributed by atoms with E-state index in [1.807, 2.05) is 24.3 Å². The lowest BCUT2D eigenvalue weighted by atomic mass is 9.79. The van der Waals surface area contributed by atoms with E-state index in [2.05, 4.69) is 22.1 Å². The van der Waals surface area contributed by atoms with Crippen molar-refractivity contribution in [3.05, 3.63) is 35.3 Å². The average Bonchev–Trinajstić information content (AvgIpc) is 3.09. The summed E-state index contributed by atoms with van der Waals surface area (Å²) in [5.41, 5.74) is 7.58. The zero-order valence-electron chi connectivity index (χ0n) is 13.7. The van der Waals surface area contributed by atoms with Crippen LogP contribution in [0.2, 0.25) is 0 Å². The Kier molecular flexibility index (Phi) is 4.02. The average molecular weight is 342 g/mol. The smallest absolute Gasteiger partial charge is 0.263 e. The fourth-order valence-corrected chi connectivity index (χ4v) is 4.83. The highest BCUT2D eigenvalue weighted by molar-refractivity contribution is 7.17. The van der Waals surface area contributed by atoms with Crippen LogP contribution in [0.3, 0.4) is 0 Å². The Labute approximate surface area is 145 Å². The van der Waals surface area contributed by atoms with Crippen molar-refractivity contribution in [1.29, 1.82) is 0 Å². The molecule has 0 unspecified atom stereocenters. The number of amides is 1. The molecule has 3 aliphatic heterocycles. The fraction of sp³-hybridized carbons (Fsp3) is 0.444. The van der Waals surface area contributed by atoms with Crippen molar-refractivity contribution in [2.75, 3.05) is 18.8 Å². The third kappa shape index (κ3) is 2.70. The first kappa shape index (κ1) is 15.6. The van der Waals surface area contributed by atoms with Crippen LogP contribution in [0.1, 0.15) is 29.4 Å². The van der Waals surface area contributed by atoms with E-state index in [0.29, 0.717) is 22.5 Å². The summed E-state index contributed by atoms with van der Waals surface area (Å²) in [5, 5.41) is 4.05. The van der Waals surface area contributed by atoms with E-state index in [-0.39, 0.29) is 11.9 Å². The van der Waals surface area contributed by atoms with E-state index in [1.165, 1.54) is 24.2 Å². The molecule has 24 heavy (non-hydrogen) atoms. The quantitative estimate of drug-likeness (QED) is 0.841. The van der Waals surface area contributed by atoms with Crippen molar-refractivity contribution < 1.29 is 4.79 Å². The molecule has 3 saturated heterocycles. The van der Waals surface area contributed by atoms with Crippen LogP contribution in [0.4, 0.5) is 5.69 Å². The summed E-state index contributed by atoms with van der Waals surface area (Å²) in [6.45, 7) is 4.55. The Morgan fingerprint density at radius 1 is 1.33 bits per heavy atom. The molecule has 2 atom stereocenters. The van der Waals surface area contributed by atoms with E-state index in [9.17, 15) is 4.79 Å².